The van der Waals surface area contributed by atoms with Crippen LogP contribution >= 0.6 is 11.8 Å². The molecule has 1 saturated carbocycles. The molecule has 0 radical (unpaired) electrons. The Morgan fingerprint density at radius 3 is 2.65 bits per heavy atom. The van der Waals surface area contributed by atoms with Crippen molar-refractivity contribution in [2.75, 3.05) is 0 Å². The molecular formula is C15H20OS. The molecule has 1 aromatic carbocycles. The number of hydrogen-bond donors (Lipinski definition) is 0. The molecule has 0 unspecified atom stereocenters. The summed E-state index contributed by atoms with van der Waals surface area (Å²) >= 11 is 1.88. The smallest absolute Gasteiger partial charge is 0.136 e. The molecule has 2 rings (SSSR count). The maximum atomic E-state index is 11.9. The molecule has 1 aromatic rings. The Morgan fingerprint density at radius 2 is 2.00 bits per heavy atom. The van der Waals surface area contributed by atoms with Crippen molar-refractivity contribution in [3.8, 4) is 0 Å². The fourth-order valence-electron chi connectivity index (χ4n) is 2.56. The Balaban J connectivity index is 2.15. The van der Waals surface area contributed by atoms with Gasteiger partial charge in [0.2, 0.25) is 0 Å². The summed E-state index contributed by atoms with van der Waals surface area (Å²) in [5, 5.41) is 0.441. The second-order valence-corrected chi connectivity index (χ2v) is 6.42. The van der Waals surface area contributed by atoms with Crippen LogP contribution in [-0.2, 0) is 4.79 Å². The summed E-state index contributed by atoms with van der Waals surface area (Å²) in [6.45, 7) is 3.90. The fourth-order valence-corrected chi connectivity index (χ4v) is 4.03. The lowest BCUT2D eigenvalue weighted by molar-refractivity contribution is -0.126. The van der Waals surface area contributed by atoms with Crippen LogP contribution in [0.15, 0.2) is 35.2 Å². The predicted molar refractivity (Wildman–Crippen MR) is 73.3 cm³/mol. The topological polar surface area (TPSA) is 17.1 Å². The van der Waals surface area contributed by atoms with Crippen LogP contribution in [0.4, 0.5) is 0 Å². The maximum Gasteiger partial charge on any atom is 0.136 e. The van der Waals surface area contributed by atoms with E-state index < -0.39 is 0 Å². The van der Waals surface area contributed by atoms with Crippen LogP contribution in [0.2, 0.25) is 0 Å². The summed E-state index contributed by atoms with van der Waals surface area (Å²) in [7, 11) is 0. The minimum atomic E-state index is -0.126. The van der Waals surface area contributed by atoms with E-state index in [0.717, 1.165) is 12.8 Å². The number of carbonyl (C=O) groups excluding carboxylic acids is 1. The standard InChI is InChI=1S/C15H20OS/c1-12(16)15(2)11-7-6-10-14(15)17-13-8-4-3-5-9-13/h3-5,8-9,14H,6-7,10-11H2,1-2H3/t14-,15-/m0/s1. The Bertz CT molecular complexity index is 387. The van der Waals surface area contributed by atoms with E-state index in [4.69, 9.17) is 0 Å². The Labute approximate surface area is 108 Å². The highest BCUT2D eigenvalue weighted by molar-refractivity contribution is 8.00. The highest BCUT2D eigenvalue weighted by atomic mass is 32.2. The molecule has 92 valence electrons. The molecule has 0 spiro atoms. The summed E-state index contributed by atoms with van der Waals surface area (Å²) in [5.41, 5.74) is -0.126. The van der Waals surface area contributed by atoms with Gasteiger partial charge in [-0.1, -0.05) is 38.0 Å². The molecule has 1 aliphatic rings. The molecule has 0 bridgehead atoms. The first kappa shape index (κ1) is 12.7. The quantitative estimate of drug-likeness (QED) is 0.792. The minimum Gasteiger partial charge on any atom is -0.299 e. The van der Waals surface area contributed by atoms with Crippen LogP contribution in [0.1, 0.15) is 39.5 Å². The fraction of sp³-hybridized carbons (Fsp3) is 0.533. The average Bonchev–Trinajstić information content (AvgIpc) is 2.33. The summed E-state index contributed by atoms with van der Waals surface area (Å²) in [5.74, 6) is 0.352. The van der Waals surface area contributed by atoms with Crippen molar-refractivity contribution in [1.29, 1.82) is 0 Å². The molecule has 1 nitrogen and oxygen atoms in total. The third kappa shape index (κ3) is 2.74. The number of benzene rings is 1. The summed E-state index contributed by atoms with van der Waals surface area (Å²) < 4.78 is 0. The first-order chi connectivity index (χ1) is 8.13. The van der Waals surface area contributed by atoms with E-state index >= 15 is 0 Å². The number of carbonyl (C=O) groups is 1. The lowest BCUT2D eigenvalue weighted by Gasteiger charge is -2.39. The van der Waals surface area contributed by atoms with Gasteiger partial charge in [-0.05, 0) is 31.9 Å². The minimum absolute atomic E-state index is 0.126. The van der Waals surface area contributed by atoms with Crippen LogP contribution in [0.5, 0.6) is 0 Å². The van der Waals surface area contributed by atoms with E-state index in [9.17, 15) is 4.79 Å². The molecule has 0 amide bonds. The Kier molecular flexibility index (Phi) is 3.93. The van der Waals surface area contributed by atoms with E-state index in [1.54, 1.807) is 6.92 Å². The molecule has 17 heavy (non-hydrogen) atoms. The third-order valence-corrected chi connectivity index (χ3v) is 5.53. The van der Waals surface area contributed by atoms with E-state index in [-0.39, 0.29) is 5.41 Å². The van der Waals surface area contributed by atoms with Gasteiger partial charge in [-0.2, -0.15) is 0 Å². The first-order valence-electron chi connectivity index (χ1n) is 6.36. The van der Waals surface area contributed by atoms with Crippen LogP contribution in [0, 0.1) is 5.41 Å². The molecule has 0 N–H and O–H groups in total. The summed E-state index contributed by atoms with van der Waals surface area (Å²) in [4.78, 5) is 13.2. The molecule has 0 saturated heterocycles. The van der Waals surface area contributed by atoms with Crippen LogP contribution < -0.4 is 0 Å². The van der Waals surface area contributed by atoms with E-state index in [0.29, 0.717) is 11.0 Å². The molecule has 0 heterocycles. The number of rotatable bonds is 3. The highest BCUT2D eigenvalue weighted by Gasteiger charge is 2.40. The van der Waals surface area contributed by atoms with Gasteiger partial charge in [-0.25, -0.2) is 0 Å². The lowest BCUT2D eigenvalue weighted by atomic mass is 9.73. The molecule has 2 atom stereocenters. The third-order valence-electron chi connectivity index (χ3n) is 3.95. The lowest BCUT2D eigenvalue weighted by Crippen LogP contribution is -2.39. The van der Waals surface area contributed by atoms with Gasteiger partial charge in [-0.3, -0.25) is 4.79 Å². The van der Waals surface area contributed by atoms with Gasteiger partial charge in [0.05, 0.1) is 0 Å². The first-order valence-corrected chi connectivity index (χ1v) is 7.23. The zero-order valence-electron chi connectivity index (χ0n) is 10.6. The molecule has 1 fully saturated rings. The Morgan fingerprint density at radius 1 is 1.29 bits per heavy atom. The van der Waals surface area contributed by atoms with Crippen molar-refractivity contribution in [1.82, 2.24) is 0 Å². The van der Waals surface area contributed by atoms with Gasteiger partial charge >= 0.3 is 0 Å². The number of ketones is 1. The van der Waals surface area contributed by atoms with Gasteiger partial charge in [0.25, 0.3) is 0 Å². The van der Waals surface area contributed by atoms with Gasteiger partial charge < -0.3 is 0 Å². The zero-order valence-corrected chi connectivity index (χ0v) is 11.4. The van der Waals surface area contributed by atoms with Crippen LogP contribution in [-0.4, -0.2) is 11.0 Å². The number of thioether (sulfide) groups is 1. The van der Waals surface area contributed by atoms with E-state index in [1.807, 2.05) is 17.8 Å². The predicted octanol–water partition coefficient (Wildman–Crippen LogP) is 4.32. The van der Waals surface area contributed by atoms with Crippen molar-refractivity contribution in [2.24, 2.45) is 5.41 Å². The van der Waals surface area contributed by atoms with Crippen molar-refractivity contribution in [3.05, 3.63) is 30.3 Å². The van der Waals surface area contributed by atoms with Crippen molar-refractivity contribution < 1.29 is 4.79 Å². The number of hydrogen-bond acceptors (Lipinski definition) is 2. The Hall–Kier alpha value is -0.760. The summed E-state index contributed by atoms with van der Waals surface area (Å²) in [6.07, 6.45) is 4.66. The molecule has 0 aliphatic heterocycles. The highest BCUT2D eigenvalue weighted by Crippen LogP contribution is 2.45. The normalized spacial score (nSPS) is 28.9. The van der Waals surface area contributed by atoms with Gasteiger partial charge in [0.1, 0.15) is 5.78 Å². The maximum absolute atomic E-state index is 11.9. The van der Waals surface area contributed by atoms with E-state index in [1.165, 1.54) is 17.7 Å². The average molecular weight is 248 g/mol. The van der Waals surface area contributed by atoms with E-state index in [2.05, 4.69) is 31.2 Å². The molecule has 2 heteroatoms. The molecule has 1 aliphatic carbocycles. The van der Waals surface area contributed by atoms with Crippen molar-refractivity contribution in [2.45, 2.75) is 49.7 Å². The SMILES string of the molecule is CC(=O)[C@]1(C)CCCC[C@@H]1Sc1ccccc1. The van der Waals surface area contributed by atoms with Crippen molar-refractivity contribution in [3.63, 3.8) is 0 Å². The van der Waals surface area contributed by atoms with Gasteiger partial charge in [0, 0.05) is 15.6 Å². The largest absolute Gasteiger partial charge is 0.299 e. The monoisotopic (exact) mass is 248 g/mol. The van der Waals surface area contributed by atoms with Crippen molar-refractivity contribution >= 4 is 17.5 Å². The molecular weight excluding hydrogens is 228 g/mol. The molecule has 0 aromatic heterocycles. The summed E-state index contributed by atoms with van der Waals surface area (Å²) in [6, 6.07) is 10.4. The second kappa shape index (κ2) is 5.26. The van der Waals surface area contributed by atoms with Crippen LogP contribution in [0.3, 0.4) is 0 Å². The van der Waals surface area contributed by atoms with Crippen LogP contribution in [0.25, 0.3) is 0 Å². The van der Waals surface area contributed by atoms with Gasteiger partial charge in [-0.15, -0.1) is 11.8 Å². The zero-order chi connectivity index (χ0) is 12.3. The number of Topliss-reactive ketones (excluding diaryl/α,β-unsaturated/α-hetero) is 1. The second-order valence-electron chi connectivity index (χ2n) is 5.14. The van der Waals surface area contributed by atoms with Gasteiger partial charge in [0.15, 0.2) is 0 Å².